The predicted octanol–water partition coefficient (Wildman–Crippen LogP) is 7.21. The van der Waals surface area contributed by atoms with Gasteiger partial charge in [0.05, 0.1) is 12.2 Å². The number of alkyl halides is 3. The summed E-state index contributed by atoms with van der Waals surface area (Å²) in [4.78, 5) is 3.39. The maximum atomic E-state index is 14.0. The summed E-state index contributed by atoms with van der Waals surface area (Å²) in [6, 6.07) is 6.33. The molecule has 1 atom stereocenters. The lowest BCUT2D eigenvalue weighted by Gasteiger charge is -2.28. The van der Waals surface area contributed by atoms with E-state index >= 15 is 0 Å². The number of hydrogen-bond donors (Lipinski definition) is 0. The lowest BCUT2D eigenvalue weighted by Crippen LogP contribution is -2.18. The van der Waals surface area contributed by atoms with Crippen LogP contribution < -0.4 is 8.92 Å². The first-order valence-electron chi connectivity index (χ1n) is 11.1. The molecule has 40 heavy (non-hydrogen) atoms. The van der Waals surface area contributed by atoms with Crippen LogP contribution in [-0.2, 0) is 16.3 Å². The average Bonchev–Trinajstić information content (AvgIpc) is 3.47. The molecule has 210 valence electrons. The van der Waals surface area contributed by atoms with Crippen molar-refractivity contribution in [2.75, 3.05) is 6.61 Å². The Labute approximate surface area is 224 Å². The summed E-state index contributed by atoms with van der Waals surface area (Å²) in [5.74, 6) is -14.9. The molecule has 5 rings (SSSR count). The van der Waals surface area contributed by atoms with E-state index in [2.05, 4.69) is 9.17 Å². The molecule has 2 heterocycles. The van der Waals surface area contributed by atoms with Gasteiger partial charge >= 0.3 is 16.3 Å². The van der Waals surface area contributed by atoms with Crippen molar-refractivity contribution in [3.8, 4) is 22.1 Å². The van der Waals surface area contributed by atoms with E-state index in [1.165, 1.54) is 18.3 Å². The largest absolute Gasteiger partial charge is 0.493 e. The number of aromatic nitrogens is 1. The van der Waals surface area contributed by atoms with E-state index in [0.29, 0.717) is 22.6 Å². The van der Waals surface area contributed by atoms with Gasteiger partial charge in [0.2, 0.25) is 34.8 Å². The molecule has 0 aliphatic carbocycles. The van der Waals surface area contributed by atoms with Crippen LogP contribution >= 0.6 is 11.3 Å². The fraction of sp³-hybridized carbons (Fsp3) is 0.160. The van der Waals surface area contributed by atoms with E-state index < -0.39 is 67.5 Å². The molecule has 5 nitrogen and oxygen atoms in total. The number of benzene rings is 3. The van der Waals surface area contributed by atoms with Gasteiger partial charge in [-0.1, -0.05) is 12.1 Å². The Morgan fingerprint density at radius 3 is 2.17 bits per heavy atom. The highest BCUT2D eigenvalue weighted by Crippen LogP contribution is 2.45. The molecule has 0 bridgehead atoms. The van der Waals surface area contributed by atoms with Crippen molar-refractivity contribution in [1.29, 1.82) is 0 Å². The van der Waals surface area contributed by atoms with E-state index in [4.69, 9.17) is 4.74 Å². The zero-order chi connectivity index (χ0) is 29.0. The van der Waals surface area contributed by atoms with Crippen LogP contribution in [0.2, 0.25) is 0 Å². The summed E-state index contributed by atoms with van der Waals surface area (Å²) >= 11 is 1.12. The number of thiazole rings is 1. The summed E-state index contributed by atoms with van der Waals surface area (Å²) in [6.07, 6.45) is -2.88. The minimum absolute atomic E-state index is 0.0119. The van der Waals surface area contributed by atoms with Gasteiger partial charge in [0.1, 0.15) is 15.7 Å². The van der Waals surface area contributed by atoms with E-state index in [-0.39, 0.29) is 17.9 Å². The van der Waals surface area contributed by atoms with Crippen molar-refractivity contribution < 1.29 is 52.5 Å². The van der Waals surface area contributed by atoms with Gasteiger partial charge in [-0.25, -0.2) is 18.2 Å². The van der Waals surface area contributed by atoms with Gasteiger partial charge in [-0.05, 0) is 30.2 Å². The second-order valence-corrected chi connectivity index (χ2v) is 10.9. The van der Waals surface area contributed by atoms with Crippen LogP contribution in [0, 0.1) is 29.1 Å². The van der Waals surface area contributed by atoms with Crippen molar-refractivity contribution in [2.45, 2.75) is 23.4 Å². The second-order valence-electron chi connectivity index (χ2n) is 8.46. The van der Waals surface area contributed by atoms with Crippen molar-refractivity contribution in [3.05, 3.63) is 93.8 Å². The third kappa shape index (κ3) is 4.87. The highest BCUT2D eigenvalue weighted by molar-refractivity contribution is 7.87. The summed E-state index contributed by atoms with van der Waals surface area (Å²) in [5.41, 5.74) is 0.161. The molecule has 0 spiro atoms. The maximum Gasteiger partial charge on any atom is 0.416 e. The molecule has 15 heteroatoms. The normalized spacial score (nSPS) is 15.4. The Balaban J connectivity index is 1.55. The number of hydrogen-bond acceptors (Lipinski definition) is 6. The van der Waals surface area contributed by atoms with Crippen LogP contribution in [0.15, 0.2) is 52.9 Å². The van der Waals surface area contributed by atoms with Crippen LogP contribution in [0.25, 0.3) is 10.6 Å². The van der Waals surface area contributed by atoms with E-state index in [1.807, 2.05) is 0 Å². The Morgan fingerprint density at radius 1 is 0.900 bits per heavy atom. The van der Waals surface area contributed by atoms with E-state index in [0.717, 1.165) is 35.6 Å². The molecule has 1 aliphatic heterocycles. The first-order valence-corrected chi connectivity index (χ1v) is 13.4. The fourth-order valence-corrected chi connectivity index (χ4v) is 5.87. The summed E-state index contributed by atoms with van der Waals surface area (Å²) in [5, 5.41) is 1.92. The van der Waals surface area contributed by atoms with Gasteiger partial charge in [-0.3, -0.25) is 0 Å². The number of ether oxygens (including phenoxy) is 1. The van der Waals surface area contributed by atoms with Gasteiger partial charge in [0.25, 0.3) is 0 Å². The average molecular weight is 608 g/mol. The van der Waals surface area contributed by atoms with Gasteiger partial charge in [-0.2, -0.15) is 30.4 Å². The number of rotatable bonds is 5. The van der Waals surface area contributed by atoms with Crippen molar-refractivity contribution in [1.82, 2.24) is 4.98 Å². The van der Waals surface area contributed by atoms with Gasteiger partial charge in [-0.15, -0.1) is 11.3 Å². The molecule has 4 aromatic rings. The molecule has 0 amide bonds. The third-order valence-electron chi connectivity index (χ3n) is 6.09. The zero-order valence-corrected chi connectivity index (χ0v) is 21.2. The molecule has 0 N–H and O–H groups in total. The van der Waals surface area contributed by atoms with E-state index in [9.17, 15) is 43.5 Å². The molecule has 0 radical (unpaired) electrons. The minimum atomic E-state index is -5.14. The standard InChI is InChI=1S/C25H13F8NO4S2/c26-18-19(27)21(29)23(22(30)20(18)28)38-40(35,36)12-2-4-15-14(5-7-37-17(15)10-12)13-3-1-11(25(31,32)33)9-16(13)24-34-6-8-39-24/h1-4,6,8-10,14H,5,7H2. The van der Waals surface area contributed by atoms with Crippen LogP contribution in [0.5, 0.6) is 11.5 Å². The topological polar surface area (TPSA) is 65.5 Å². The highest BCUT2D eigenvalue weighted by atomic mass is 32.2. The SMILES string of the molecule is O=S(=O)(Oc1c(F)c(F)c(F)c(F)c1F)c1ccc2c(c1)OCCC2c1ccc(C(F)(F)F)cc1-c1nccs1. The van der Waals surface area contributed by atoms with Gasteiger partial charge in [0.15, 0.2) is 0 Å². The van der Waals surface area contributed by atoms with E-state index in [1.54, 1.807) is 5.38 Å². The number of halogens is 8. The van der Waals surface area contributed by atoms with Crippen LogP contribution in [-0.4, -0.2) is 20.0 Å². The molecular weight excluding hydrogens is 594 g/mol. The smallest absolute Gasteiger partial charge is 0.416 e. The molecule has 0 saturated heterocycles. The lowest BCUT2D eigenvalue weighted by atomic mass is 9.83. The first-order chi connectivity index (χ1) is 18.8. The highest BCUT2D eigenvalue weighted by Gasteiger charge is 2.35. The second kappa shape index (κ2) is 10.0. The van der Waals surface area contributed by atoms with Crippen molar-refractivity contribution in [2.24, 2.45) is 0 Å². The van der Waals surface area contributed by atoms with Gasteiger partial charge in [0, 0.05) is 34.7 Å². The van der Waals surface area contributed by atoms with Crippen LogP contribution in [0.1, 0.15) is 29.0 Å². The number of fused-ring (bicyclic) bond motifs is 1. The quantitative estimate of drug-likeness (QED) is 0.104. The zero-order valence-electron chi connectivity index (χ0n) is 19.5. The molecule has 0 fully saturated rings. The minimum Gasteiger partial charge on any atom is -0.493 e. The number of nitrogens with zero attached hydrogens (tertiary/aromatic N) is 1. The molecular formula is C25H13F8NO4S2. The Kier molecular flexibility index (Phi) is 6.98. The van der Waals surface area contributed by atoms with Crippen molar-refractivity contribution in [3.63, 3.8) is 0 Å². The Hall–Kier alpha value is -3.72. The predicted molar refractivity (Wildman–Crippen MR) is 125 cm³/mol. The van der Waals surface area contributed by atoms with Crippen LogP contribution in [0.3, 0.4) is 0 Å². The molecule has 3 aromatic carbocycles. The summed E-state index contributed by atoms with van der Waals surface area (Å²) < 4.78 is 144. The maximum absolute atomic E-state index is 14.0. The molecule has 1 aliphatic rings. The third-order valence-corrected chi connectivity index (χ3v) is 8.12. The van der Waals surface area contributed by atoms with Crippen molar-refractivity contribution >= 4 is 21.5 Å². The summed E-state index contributed by atoms with van der Waals surface area (Å²) in [6.45, 7) is 0.0119. The van der Waals surface area contributed by atoms with Gasteiger partial charge < -0.3 is 8.92 Å². The summed E-state index contributed by atoms with van der Waals surface area (Å²) in [7, 11) is -5.14. The fourth-order valence-electron chi connectivity index (χ4n) is 4.24. The van der Waals surface area contributed by atoms with Crippen LogP contribution in [0.4, 0.5) is 35.1 Å². The molecule has 1 unspecified atom stereocenters. The molecule has 1 aromatic heterocycles. The monoisotopic (exact) mass is 607 g/mol. The first kappa shape index (κ1) is 27.8. The Bertz CT molecular complexity index is 1690. The molecule has 0 saturated carbocycles. The lowest BCUT2D eigenvalue weighted by molar-refractivity contribution is -0.137. The Morgan fingerprint density at radius 2 is 1.55 bits per heavy atom.